The van der Waals surface area contributed by atoms with Gasteiger partial charge in [0, 0.05) is 31.4 Å². The van der Waals surface area contributed by atoms with Gasteiger partial charge in [-0.1, -0.05) is 6.07 Å². The number of anilines is 1. The van der Waals surface area contributed by atoms with Gasteiger partial charge in [-0.3, -0.25) is 4.79 Å². The third-order valence-electron chi connectivity index (χ3n) is 5.00. The normalized spacial score (nSPS) is 16.8. The molecule has 0 atom stereocenters. The van der Waals surface area contributed by atoms with Crippen LogP contribution in [0.4, 0.5) is 5.82 Å². The molecule has 2 aliphatic rings. The van der Waals surface area contributed by atoms with E-state index in [0.29, 0.717) is 31.1 Å². The van der Waals surface area contributed by atoms with Crippen molar-refractivity contribution in [2.45, 2.75) is 26.0 Å². The van der Waals surface area contributed by atoms with E-state index < -0.39 is 0 Å². The van der Waals surface area contributed by atoms with E-state index in [1.807, 2.05) is 35.2 Å². The molecule has 6 heteroatoms. The van der Waals surface area contributed by atoms with E-state index in [0.717, 1.165) is 42.8 Å². The Morgan fingerprint density at radius 1 is 1.19 bits per heavy atom. The van der Waals surface area contributed by atoms with Crippen molar-refractivity contribution in [1.82, 2.24) is 9.88 Å². The van der Waals surface area contributed by atoms with E-state index in [9.17, 15) is 9.90 Å². The molecule has 0 aliphatic carbocycles. The largest absolute Gasteiger partial charge is 0.491 e. The Hall–Kier alpha value is -2.60. The van der Waals surface area contributed by atoms with Crippen molar-refractivity contribution in [2.75, 3.05) is 31.1 Å². The minimum atomic E-state index is -0.00440. The number of nitrogens with zero attached hydrogens (tertiary/aromatic N) is 3. The number of amides is 1. The van der Waals surface area contributed by atoms with Gasteiger partial charge in [0.25, 0.3) is 5.91 Å². The van der Waals surface area contributed by atoms with Crippen molar-refractivity contribution >= 4 is 11.7 Å². The smallest absolute Gasteiger partial charge is 0.257 e. The quantitative estimate of drug-likeness (QED) is 0.916. The summed E-state index contributed by atoms with van der Waals surface area (Å²) in [5.74, 6) is 1.59. The fourth-order valence-electron chi connectivity index (χ4n) is 3.63. The monoisotopic (exact) mass is 353 g/mol. The van der Waals surface area contributed by atoms with E-state index in [1.54, 1.807) is 6.20 Å². The summed E-state index contributed by atoms with van der Waals surface area (Å²) < 4.78 is 5.85. The van der Waals surface area contributed by atoms with E-state index in [2.05, 4.69) is 9.88 Å². The van der Waals surface area contributed by atoms with Crippen LogP contribution in [0.2, 0.25) is 0 Å². The van der Waals surface area contributed by atoms with Crippen LogP contribution in [-0.4, -0.2) is 47.1 Å². The van der Waals surface area contributed by atoms with Gasteiger partial charge in [0.15, 0.2) is 0 Å². The van der Waals surface area contributed by atoms with Crippen molar-refractivity contribution < 1.29 is 14.6 Å². The first-order valence-corrected chi connectivity index (χ1v) is 9.11. The molecule has 1 N–H and O–H groups in total. The molecule has 0 saturated carbocycles. The lowest BCUT2D eigenvalue weighted by Crippen LogP contribution is -2.32. The predicted octanol–water partition coefficient (Wildman–Crippen LogP) is 2.21. The van der Waals surface area contributed by atoms with Crippen molar-refractivity contribution in [2.24, 2.45) is 0 Å². The van der Waals surface area contributed by atoms with E-state index >= 15 is 0 Å². The third-order valence-corrected chi connectivity index (χ3v) is 5.00. The summed E-state index contributed by atoms with van der Waals surface area (Å²) in [5, 5.41) is 9.41. The second-order valence-corrected chi connectivity index (χ2v) is 6.74. The summed E-state index contributed by atoms with van der Waals surface area (Å²) in [4.78, 5) is 21.5. The molecule has 2 aliphatic heterocycles. The van der Waals surface area contributed by atoms with Crippen molar-refractivity contribution in [3.8, 4) is 5.75 Å². The number of hydrogen-bond donors (Lipinski definition) is 1. The van der Waals surface area contributed by atoms with E-state index in [1.165, 1.54) is 0 Å². The third kappa shape index (κ3) is 3.24. The second kappa shape index (κ2) is 7.33. The zero-order valence-corrected chi connectivity index (χ0v) is 14.7. The van der Waals surface area contributed by atoms with Crippen molar-refractivity contribution in [1.29, 1.82) is 0 Å². The lowest BCUT2D eigenvalue weighted by Gasteiger charge is -2.25. The average Bonchev–Trinajstić information content (AvgIpc) is 3.14. The molecule has 6 nitrogen and oxygen atoms in total. The highest BCUT2D eigenvalue weighted by atomic mass is 16.5. The van der Waals surface area contributed by atoms with Crippen LogP contribution < -0.4 is 9.64 Å². The van der Waals surface area contributed by atoms with Gasteiger partial charge in [-0.2, -0.15) is 0 Å². The molecule has 136 valence electrons. The van der Waals surface area contributed by atoms with Crippen LogP contribution in [-0.2, 0) is 13.2 Å². The Balaban J connectivity index is 1.65. The Morgan fingerprint density at radius 2 is 2.04 bits per heavy atom. The molecule has 26 heavy (non-hydrogen) atoms. The highest BCUT2D eigenvalue weighted by Crippen LogP contribution is 2.29. The number of aliphatic hydroxyl groups excluding tert-OH is 1. The number of likely N-dealkylation sites (tertiary alicyclic amines) is 1. The lowest BCUT2D eigenvalue weighted by molar-refractivity contribution is 0.0793. The first-order chi connectivity index (χ1) is 12.8. The number of aromatic nitrogens is 1. The molecule has 1 amide bonds. The molecule has 2 aromatic rings. The van der Waals surface area contributed by atoms with Crippen molar-refractivity contribution in [3.05, 3.63) is 53.2 Å². The fraction of sp³-hybridized carbons (Fsp3) is 0.400. The van der Waals surface area contributed by atoms with Crippen LogP contribution in [0.1, 0.15) is 34.3 Å². The highest BCUT2D eigenvalue weighted by molar-refractivity contribution is 5.99. The molecule has 1 aromatic carbocycles. The summed E-state index contributed by atoms with van der Waals surface area (Å²) in [7, 11) is 0. The number of ether oxygens (including phenoxy) is 1. The molecule has 0 spiro atoms. The topological polar surface area (TPSA) is 65.9 Å². The molecule has 1 aromatic heterocycles. The first-order valence-electron chi connectivity index (χ1n) is 9.11. The second-order valence-electron chi connectivity index (χ2n) is 6.74. The van der Waals surface area contributed by atoms with Gasteiger partial charge in [0.1, 0.15) is 18.2 Å². The minimum Gasteiger partial charge on any atom is -0.491 e. The lowest BCUT2D eigenvalue weighted by atomic mass is 10.1. The van der Waals surface area contributed by atoms with Gasteiger partial charge >= 0.3 is 0 Å². The number of aliphatic hydroxyl groups is 1. The van der Waals surface area contributed by atoms with Crippen LogP contribution in [0.25, 0.3) is 0 Å². The zero-order chi connectivity index (χ0) is 17.9. The fourth-order valence-corrected chi connectivity index (χ4v) is 3.63. The van der Waals surface area contributed by atoms with Crippen LogP contribution in [0, 0.1) is 0 Å². The number of carbonyl (C=O) groups is 1. The minimum absolute atomic E-state index is 0.00440. The summed E-state index contributed by atoms with van der Waals surface area (Å²) in [6, 6.07) is 9.41. The Kier molecular flexibility index (Phi) is 4.75. The summed E-state index contributed by atoms with van der Waals surface area (Å²) >= 11 is 0. The van der Waals surface area contributed by atoms with Crippen LogP contribution in [0.5, 0.6) is 5.75 Å². The van der Waals surface area contributed by atoms with Gasteiger partial charge in [0.05, 0.1) is 18.7 Å². The standard InChI is InChI=1S/C20H23N3O3/c24-14-15-5-6-18-16(12-15)13-23(10-11-26-18)19-17(4-3-7-21-19)20(25)22-8-1-2-9-22/h3-7,12,24H,1-2,8-11,13-14H2. The maximum Gasteiger partial charge on any atom is 0.257 e. The van der Waals surface area contributed by atoms with Crippen LogP contribution in [0.15, 0.2) is 36.5 Å². The molecular weight excluding hydrogens is 330 g/mol. The molecule has 1 fully saturated rings. The van der Waals surface area contributed by atoms with Gasteiger partial charge in [0.2, 0.25) is 0 Å². The Morgan fingerprint density at radius 3 is 2.85 bits per heavy atom. The van der Waals surface area contributed by atoms with Gasteiger partial charge in [-0.05, 0) is 42.7 Å². The van der Waals surface area contributed by atoms with Crippen LogP contribution in [0.3, 0.4) is 0 Å². The Bertz CT molecular complexity index is 803. The molecule has 3 heterocycles. The molecule has 1 saturated heterocycles. The number of fused-ring (bicyclic) bond motifs is 1. The number of benzene rings is 1. The molecule has 0 bridgehead atoms. The Labute approximate surface area is 153 Å². The molecular formula is C20H23N3O3. The summed E-state index contributed by atoms with van der Waals surface area (Å²) in [6.07, 6.45) is 3.86. The summed E-state index contributed by atoms with van der Waals surface area (Å²) in [5.41, 5.74) is 2.50. The average molecular weight is 353 g/mol. The van der Waals surface area contributed by atoms with E-state index in [-0.39, 0.29) is 12.5 Å². The van der Waals surface area contributed by atoms with Gasteiger partial charge < -0.3 is 19.6 Å². The maximum absolute atomic E-state index is 12.9. The zero-order valence-electron chi connectivity index (χ0n) is 14.7. The van der Waals surface area contributed by atoms with Gasteiger partial charge in [-0.15, -0.1) is 0 Å². The predicted molar refractivity (Wildman–Crippen MR) is 98.3 cm³/mol. The highest BCUT2D eigenvalue weighted by Gasteiger charge is 2.26. The molecule has 0 unspecified atom stereocenters. The SMILES string of the molecule is O=C(c1cccnc1N1CCOc2ccc(CO)cc2C1)N1CCCC1. The maximum atomic E-state index is 12.9. The molecule has 4 rings (SSSR count). The van der Waals surface area contributed by atoms with Crippen LogP contribution >= 0.6 is 0 Å². The first kappa shape index (κ1) is 16.8. The van der Waals surface area contributed by atoms with Crippen molar-refractivity contribution in [3.63, 3.8) is 0 Å². The molecule has 0 radical (unpaired) electrons. The van der Waals surface area contributed by atoms with E-state index in [4.69, 9.17) is 4.74 Å². The van der Waals surface area contributed by atoms with Gasteiger partial charge in [-0.25, -0.2) is 4.98 Å². The number of pyridine rings is 1. The number of carbonyl (C=O) groups excluding carboxylic acids is 1. The summed E-state index contributed by atoms with van der Waals surface area (Å²) in [6.45, 7) is 3.41. The number of hydrogen-bond acceptors (Lipinski definition) is 5. The number of rotatable bonds is 3.